The standard InChI is InChI=1S/C46H86O17S/c1-2-3-4-5-6-7-8-9-10-11-12-45-13-15-46(16-14-45)64(48,49)63-44-43-62-42-41-61-40-39-60-38-37-59-36-35-58-34-33-57-32-31-56-30-29-55-28-27-54-26-25-53-24-23-52-22-21-51-20-19-50-18-17-47/h13-16,47H,2-12,17-44H2,1H3. The Balaban J connectivity index is 1.73. The first-order valence-electron chi connectivity index (χ1n) is 23.7. The van der Waals surface area contributed by atoms with Crippen LogP contribution in [0.25, 0.3) is 0 Å². The van der Waals surface area contributed by atoms with Crippen LogP contribution in [0.1, 0.15) is 76.7 Å². The Morgan fingerprint density at radius 1 is 0.344 bits per heavy atom. The van der Waals surface area contributed by atoms with Gasteiger partial charge in [-0.2, -0.15) is 8.42 Å². The molecule has 0 aliphatic heterocycles. The van der Waals surface area contributed by atoms with E-state index in [-0.39, 0.29) is 24.7 Å². The molecule has 0 aliphatic carbocycles. The van der Waals surface area contributed by atoms with Gasteiger partial charge >= 0.3 is 0 Å². The number of hydrogen-bond acceptors (Lipinski definition) is 17. The number of aliphatic hydroxyl groups is 1. The van der Waals surface area contributed by atoms with Gasteiger partial charge in [-0.1, -0.05) is 76.8 Å². The number of aryl methyl sites for hydroxylation is 1. The summed E-state index contributed by atoms with van der Waals surface area (Å²) in [5.41, 5.74) is 1.15. The fourth-order valence-electron chi connectivity index (χ4n) is 5.72. The molecular formula is C46H86O17S. The van der Waals surface area contributed by atoms with Crippen LogP contribution in [-0.2, 0) is 82.3 Å². The molecule has 18 heteroatoms. The average Bonchev–Trinajstić information content (AvgIpc) is 3.30. The van der Waals surface area contributed by atoms with Crippen LogP contribution in [0, 0.1) is 0 Å². The van der Waals surface area contributed by atoms with E-state index < -0.39 is 10.1 Å². The molecule has 1 aromatic carbocycles. The SMILES string of the molecule is CCCCCCCCCCCCc1ccc(S(=O)(=O)OCCOCCOCCOCCOCCOCCOCCOCCOCCOCCOCCOCCOCCOCCO)cc1. The summed E-state index contributed by atoms with van der Waals surface area (Å²) >= 11 is 0. The van der Waals surface area contributed by atoms with E-state index in [9.17, 15) is 8.42 Å². The Bertz CT molecular complexity index is 1170. The van der Waals surface area contributed by atoms with E-state index >= 15 is 0 Å². The third-order valence-corrected chi connectivity index (χ3v) is 10.5. The quantitative estimate of drug-likeness (QED) is 0.0675. The lowest BCUT2D eigenvalue weighted by atomic mass is 10.0. The van der Waals surface area contributed by atoms with Crippen molar-refractivity contribution in [1.82, 2.24) is 0 Å². The third-order valence-electron chi connectivity index (χ3n) is 9.20. The maximum atomic E-state index is 12.5. The summed E-state index contributed by atoms with van der Waals surface area (Å²) in [7, 11) is -3.82. The lowest BCUT2D eigenvalue weighted by Crippen LogP contribution is -2.16. The fourth-order valence-corrected chi connectivity index (χ4v) is 6.61. The molecule has 0 heterocycles. The Morgan fingerprint density at radius 2 is 0.594 bits per heavy atom. The second kappa shape index (κ2) is 49.5. The summed E-state index contributed by atoms with van der Waals surface area (Å²) in [5, 5.41) is 8.60. The van der Waals surface area contributed by atoms with Gasteiger partial charge in [0.25, 0.3) is 10.1 Å². The molecule has 1 N–H and O–H groups in total. The largest absolute Gasteiger partial charge is 0.394 e. The molecule has 0 unspecified atom stereocenters. The van der Waals surface area contributed by atoms with Gasteiger partial charge in [-0.05, 0) is 30.5 Å². The number of aliphatic hydroxyl groups excluding tert-OH is 1. The van der Waals surface area contributed by atoms with Gasteiger partial charge in [0, 0.05) is 0 Å². The van der Waals surface area contributed by atoms with E-state index in [1.165, 1.54) is 57.8 Å². The number of hydrogen-bond donors (Lipinski definition) is 1. The summed E-state index contributed by atoms with van der Waals surface area (Å²) < 4.78 is 101. The molecule has 0 atom stereocenters. The van der Waals surface area contributed by atoms with Crippen LogP contribution in [0.2, 0.25) is 0 Å². The molecular weight excluding hydrogens is 857 g/mol. The summed E-state index contributed by atoms with van der Waals surface area (Å²) in [6, 6.07) is 7.01. The highest BCUT2D eigenvalue weighted by atomic mass is 32.2. The van der Waals surface area contributed by atoms with E-state index in [1.54, 1.807) is 12.1 Å². The Labute approximate surface area is 385 Å². The molecule has 0 aromatic heterocycles. The van der Waals surface area contributed by atoms with Crippen LogP contribution in [0.4, 0.5) is 0 Å². The lowest BCUT2D eigenvalue weighted by molar-refractivity contribution is -0.0293. The minimum absolute atomic E-state index is 0.0181. The van der Waals surface area contributed by atoms with Crippen molar-refractivity contribution < 1.29 is 79.3 Å². The molecule has 0 aliphatic rings. The zero-order chi connectivity index (χ0) is 46.0. The number of ether oxygens (including phenoxy) is 13. The van der Waals surface area contributed by atoms with Crippen molar-refractivity contribution in [1.29, 1.82) is 0 Å². The first-order chi connectivity index (χ1) is 31.6. The molecule has 0 bridgehead atoms. The van der Waals surface area contributed by atoms with E-state index in [2.05, 4.69) is 6.92 Å². The Hall–Kier alpha value is -1.43. The van der Waals surface area contributed by atoms with Crippen molar-refractivity contribution in [3.8, 4) is 0 Å². The van der Waals surface area contributed by atoms with Crippen LogP contribution >= 0.6 is 0 Å². The summed E-state index contributed by atoms with van der Waals surface area (Å²) in [6.07, 6.45) is 13.9. The van der Waals surface area contributed by atoms with E-state index in [1.807, 2.05) is 12.1 Å². The number of benzene rings is 1. The van der Waals surface area contributed by atoms with E-state index in [4.69, 9.17) is 70.9 Å². The van der Waals surface area contributed by atoms with Gasteiger partial charge in [0.2, 0.25) is 0 Å². The van der Waals surface area contributed by atoms with Crippen molar-refractivity contribution in [2.45, 2.75) is 82.4 Å². The topological polar surface area (TPSA) is 184 Å². The maximum absolute atomic E-state index is 12.5. The Kier molecular flexibility index (Phi) is 46.8. The molecule has 0 saturated heterocycles. The van der Waals surface area contributed by atoms with Crippen LogP contribution < -0.4 is 0 Å². The van der Waals surface area contributed by atoms with Gasteiger partial charge in [-0.15, -0.1) is 0 Å². The van der Waals surface area contributed by atoms with E-state index in [0.29, 0.717) is 165 Å². The summed E-state index contributed by atoms with van der Waals surface area (Å²) in [5.74, 6) is 0. The zero-order valence-electron chi connectivity index (χ0n) is 39.3. The van der Waals surface area contributed by atoms with Crippen molar-refractivity contribution in [2.24, 2.45) is 0 Å². The lowest BCUT2D eigenvalue weighted by Gasteiger charge is -2.09. The van der Waals surface area contributed by atoms with Crippen molar-refractivity contribution in [3.63, 3.8) is 0 Å². The molecule has 0 saturated carbocycles. The molecule has 0 spiro atoms. The number of unbranched alkanes of at least 4 members (excludes halogenated alkanes) is 9. The van der Waals surface area contributed by atoms with Gasteiger partial charge in [0.15, 0.2) is 0 Å². The molecule has 64 heavy (non-hydrogen) atoms. The summed E-state index contributed by atoms with van der Waals surface area (Å²) in [6.45, 7) is 13.8. The van der Waals surface area contributed by atoms with Crippen molar-refractivity contribution in [2.75, 3.05) is 185 Å². The maximum Gasteiger partial charge on any atom is 0.297 e. The smallest absolute Gasteiger partial charge is 0.297 e. The first-order valence-corrected chi connectivity index (χ1v) is 25.1. The highest BCUT2D eigenvalue weighted by molar-refractivity contribution is 7.86. The molecule has 0 amide bonds. The van der Waals surface area contributed by atoms with Gasteiger partial charge < -0.3 is 66.7 Å². The first kappa shape index (κ1) is 60.6. The highest BCUT2D eigenvalue weighted by Crippen LogP contribution is 2.16. The molecule has 17 nitrogen and oxygen atoms in total. The minimum Gasteiger partial charge on any atom is -0.394 e. The second-order valence-corrected chi connectivity index (χ2v) is 16.2. The van der Waals surface area contributed by atoms with Gasteiger partial charge in [-0.3, -0.25) is 4.18 Å². The van der Waals surface area contributed by atoms with Crippen LogP contribution in [-0.4, -0.2) is 199 Å². The van der Waals surface area contributed by atoms with Crippen molar-refractivity contribution >= 4 is 10.1 Å². The average molecular weight is 943 g/mol. The van der Waals surface area contributed by atoms with Gasteiger partial charge in [0.1, 0.15) is 0 Å². The fraction of sp³-hybridized carbons (Fsp3) is 0.870. The van der Waals surface area contributed by atoms with Gasteiger partial charge in [-0.25, -0.2) is 0 Å². The molecule has 1 aromatic rings. The second-order valence-electron chi connectivity index (χ2n) is 14.5. The van der Waals surface area contributed by atoms with E-state index in [0.717, 1.165) is 18.4 Å². The highest BCUT2D eigenvalue weighted by Gasteiger charge is 2.15. The third kappa shape index (κ3) is 43.2. The molecule has 0 radical (unpaired) electrons. The van der Waals surface area contributed by atoms with Crippen molar-refractivity contribution in [3.05, 3.63) is 29.8 Å². The minimum atomic E-state index is -3.82. The Morgan fingerprint density at radius 3 is 0.875 bits per heavy atom. The van der Waals surface area contributed by atoms with Crippen LogP contribution in [0.5, 0.6) is 0 Å². The molecule has 1 rings (SSSR count). The van der Waals surface area contributed by atoms with Crippen LogP contribution in [0.3, 0.4) is 0 Å². The number of rotatable bonds is 54. The molecule has 378 valence electrons. The normalized spacial score (nSPS) is 11.9. The predicted molar refractivity (Wildman–Crippen MR) is 243 cm³/mol. The summed E-state index contributed by atoms with van der Waals surface area (Å²) in [4.78, 5) is 0.163. The van der Waals surface area contributed by atoms with Crippen LogP contribution in [0.15, 0.2) is 29.2 Å². The monoisotopic (exact) mass is 943 g/mol. The predicted octanol–water partition coefficient (Wildman–Crippen LogP) is 5.06. The van der Waals surface area contributed by atoms with Gasteiger partial charge in [0.05, 0.1) is 190 Å². The molecule has 0 fully saturated rings. The zero-order valence-corrected chi connectivity index (χ0v) is 40.1.